The van der Waals surface area contributed by atoms with Crippen LogP contribution in [-0.2, 0) is 19.1 Å². The molecule has 0 aromatic carbocycles. The fourth-order valence-electron chi connectivity index (χ4n) is 5.53. The molecule has 1 amide bonds. The average molecular weight is 772 g/mol. The van der Waals surface area contributed by atoms with Gasteiger partial charge in [-0.1, -0.05) is 155 Å². The molecular formula is C50H77NO5. The fourth-order valence-corrected chi connectivity index (χ4v) is 5.53. The Labute approximate surface area is 342 Å². The lowest BCUT2D eigenvalue weighted by atomic mass is 10.0. The van der Waals surface area contributed by atoms with Crippen molar-refractivity contribution in [1.82, 2.24) is 5.32 Å². The Hall–Kier alpha value is -4.19. The van der Waals surface area contributed by atoms with Crippen LogP contribution < -0.4 is 5.32 Å². The Balaban J connectivity index is 4.44. The number of unbranched alkanes of at least 4 members (excludes halogenated alkanes) is 6. The molecule has 0 radical (unpaired) electrons. The predicted molar refractivity (Wildman–Crippen MR) is 239 cm³/mol. The van der Waals surface area contributed by atoms with E-state index in [-0.39, 0.29) is 24.5 Å². The van der Waals surface area contributed by atoms with Crippen LogP contribution in [0, 0.1) is 0 Å². The highest BCUT2D eigenvalue weighted by molar-refractivity contribution is 5.80. The number of carboxylic acids is 1. The number of esters is 1. The third-order valence-corrected chi connectivity index (χ3v) is 8.64. The molecule has 0 aromatic heterocycles. The Kier molecular flexibility index (Phi) is 40.3. The summed E-state index contributed by atoms with van der Waals surface area (Å²) >= 11 is 0. The smallest absolute Gasteiger partial charge is 0.322 e. The molecule has 0 aliphatic rings. The molecule has 0 saturated heterocycles. The van der Waals surface area contributed by atoms with Gasteiger partial charge in [-0.15, -0.1) is 0 Å². The largest absolute Gasteiger partial charge is 0.480 e. The Morgan fingerprint density at radius 1 is 0.464 bits per heavy atom. The van der Waals surface area contributed by atoms with Gasteiger partial charge < -0.3 is 15.2 Å². The average Bonchev–Trinajstić information content (AvgIpc) is 3.18. The number of allylic oxidation sites excluding steroid dienone is 20. The molecule has 1 atom stereocenters. The Morgan fingerprint density at radius 3 is 1.29 bits per heavy atom. The lowest BCUT2D eigenvalue weighted by Gasteiger charge is -2.18. The number of amides is 1. The van der Waals surface area contributed by atoms with E-state index in [0.29, 0.717) is 19.3 Å². The monoisotopic (exact) mass is 772 g/mol. The normalized spacial score (nSPS) is 13.3. The second-order valence-corrected chi connectivity index (χ2v) is 13.8. The summed E-state index contributed by atoms with van der Waals surface area (Å²) < 4.78 is 5.97. The van der Waals surface area contributed by atoms with E-state index >= 15 is 0 Å². The zero-order valence-electron chi connectivity index (χ0n) is 35.2. The van der Waals surface area contributed by atoms with Crippen LogP contribution in [0.25, 0.3) is 0 Å². The maximum absolute atomic E-state index is 12.7. The molecular weight excluding hydrogens is 695 g/mol. The molecule has 56 heavy (non-hydrogen) atoms. The summed E-state index contributed by atoms with van der Waals surface area (Å²) in [6, 6.07) is 0. The van der Waals surface area contributed by atoms with Gasteiger partial charge in [0.2, 0.25) is 5.91 Å². The lowest BCUT2D eigenvalue weighted by molar-refractivity contribution is -0.149. The maximum Gasteiger partial charge on any atom is 0.322 e. The molecule has 0 rings (SSSR count). The molecule has 0 saturated carbocycles. The lowest BCUT2D eigenvalue weighted by Crippen LogP contribution is -2.28. The standard InChI is InChI=1S/C50H77NO5/c1-3-5-7-9-11-13-15-17-19-20-21-22-24-26-28-30-32-37-41-45-50(55)56-47(43-39-35-33-36-40-44-48(52)51-46-49(53)54)42-38-34-31-29-27-25-23-18-16-14-12-10-8-6-4-2/h5-8,11-14,17-19,21-23,26-29,32,37,47H,3-4,9-10,15-16,20,24-25,30-31,33-36,38-46H2,1-2H3,(H,51,52)(H,53,54)/b7-5-,8-6-,13-11-,14-12-,19-17-,22-21-,23-18-,28-26-,29-27-,37-32-. The van der Waals surface area contributed by atoms with E-state index in [1.807, 2.05) is 0 Å². The predicted octanol–water partition coefficient (Wildman–Crippen LogP) is 13.7. The van der Waals surface area contributed by atoms with Crippen LogP contribution in [0.15, 0.2) is 122 Å². The number of carboxylic acid groups (broad SMARTS) is 1. The molecule has 0 bridgehead atoms. The van der Waals surface area contributed by atoms with E-state index < -0.39 is 5.97 Å². The second-order valence-electron chi connectivity index (χ2n) is 13.8. The quantitative estimate of drug-likeness (QED) is 0.0373. The van der Waals surface area contributed by atoms with Crippen LogP contribution in [-0.4, -0.2) is 35.6 Å². The van der Waals surface area contributed by atoms with Crippen molar-refractivity contribution in [3.8, 4) is 0 Å². The van der Waals surface area contributed by atoms with Gasteiger partial charge in [-0.25, -0.2) is 0 Å². The number of rotatable bonds is 37. The van der Waals surface area contributed by atoms with E-state index in [2.05, 4.69) is 141 Å². The highest BCUT2D eigenvalue weighted by Crippen LogP contribution is 2.17. The summed E-state index contributed by atoms with van der Waals surface area (Å²) in [5, 5.41) is 11.1. The summed E-state index contributed by atoms with van der Waals surface area (Å²) in [5.41, 5.74) is 0. The van der Waals surface area contributed by atoms with E-state index in [1.165, 1.54) is 0 Å². The van der Waals surface area contributed by atoms with Gasteiger partial charge in [0.1, 0.15) is 12.6 Å². The zero-order valence-corrected chi connectivity index (χ0v) is 35.2. The number of hydrogen-bond donors (Lipinski definition) is 2. The van der Waals surface area contributed by atoms with E-state index in [4.69, 9.17) is 9.84 Å². The maximum atomic E-state index is 12.7. The van der Waals surface area contributed by atoms with Gasteiger partial charge in [0.25, 0.3) is 0 Å². The number of carbonyl (C=O) groups is 3. The number of aliphatic carboxylic acids is 1. The van der Waals surface area contributed by atoms with Crippen molar-refractivity contribution >= 4 is 17.8 Å². The van der Waals surface area contributed by atoms with Crippen molar-refractivity contribution in [2.45, 2.75) is 168 Å². The number of nitrogens with one attached hydrogen (secondary N) is 1. The van der Waals surface area contributed by atoms with E-state index in [1.54, 1.807) is 0 Å². The summed E-state index contributed by atoms with van der Waals surface area (Å²) in [4.78, 5) is 35.0. The van der Waals surface area contributed by atoms with Crippen LogP contribution in [0.4, 0.5) is 0 Å². The third-order valence-electron chi connectivity index (χ3n) is 8.64. The van der Waals surface area contributed by atoms with Gasteiger partial charge in [-0.3, -0.25) is 14.4 Å². The van der Waals surface area contributed by atoms with Gasteiger partial charge in [0, 0.05) is 12.8 Å². The highest BCUT2D eigenvalue weighted by Gasteiger charge is 2.14. The molecule has 1 unspecified atom stereocenters. The SMILES string of the molecule is CC/C=C\C/C=C\C/C=C\C/C=C\C/C=C\C/C=C\CCC(=O)OC(CCCC/C=C\C/C=C\C/C=C\C/C=C\CC)CCCCCCCC(=O)NCC(=O)O. The third kappa shape index (κ3) is 42.6. The van der Waals surface area contributed by atoms with Crippen LogP contribution in [0.1, 0.15) is 162 Å². The van der Waals surface area contributed by atoms with Crippen LogP contribution in [0.3, 0.4) is 0 Å². The van der Waals surface area contributed by atoms with Crippen molar-refractivity contribution in [1.29, 1.82) is 0 Å². The fraction of sp³-hybridized carbons (Fsp3) is 0.540. The van der Waals surface area contributed by atoms with Crippen LogP contribution >= 0.6 is 0 Å². The van der Waals surface area contributed by atoms with Crippen LogP contribution in [0.2, 0.25) is 0 Å². The molecule has 0 aliphatic heterocycles. The first kappa shape index (κ1) is 51.8. The number of hydrogen-bond acceptors (Lipinski definition) is 4. The first-order valence-electron chi connectivity index (χ1n) is 21.7. The van der Waals surface area contributed by atoms with Crippen molar-refractivity contribution in [2.24, 2.45) is 0 Å². The van der Waals surface area contributed by atoms with Gasteiger partial charge in [0.15, 0.2) is 0 Å². The zero-order chi connectivity index (χ0) is 40.8. The number of ether oxygens (including phenoxy) is 1. The molecule has 0 fully saturated rings. The first-order valence-corrected chi connectivity index (χ1v) is 21.7. The van der Waals surface area contributed by atoms with Gasteiger partial charge in [-0.2, -0.15) is 0 Å². The Morgan fingerprint density at radius 2 is 0.839 bits per heavy atom. The van der Waals surface area contributed by atoms with Crippen molar-refractivity contribution < 1.29 is 24.2 Å². The first-order chi connectivity index (χ1) is 27.5. The van der Waals surface area contributed by atoms with Gasteiger partial charge in [-0.05, 0) is 116 Å². The van der Waals surface area contributed by atoms with Crippen LogP contribution in [0.5, 0.6) is 0 Å². The molecule has 0 spiro atoms. The van der Waals surface area contributed by atoms with Crippen molar-refractivity contribution in [3.63, 3.8) is 0 Å². The summed E-state index contributed by atoms with van der Waals surface area (Å²) in [7, 11) is 0. The van der Waals surface area contributed by atoms with Gasteiger partial charge in [0.05, 0.1) is 0 Å². The van der Waals surface area contributed by atoms with Crippen molar-refractivity contribution in [3.05, 3.63) is 122 Å². The summed E-state index contributed by atoms with van der Waals surface area (Å²) in [5.74, 6) is -1.37. The molecule has 0 aliphatic carbocycles. The minimum atomic E-state index is -1.03. The molecule has 6 nitrogen and oxygen atoms in total. The molecule has 0 aromatic rings. The topological polar surface area (TPSA) is 92.7 Å². The van der Waals surface area contributed by atoms with E-state index in [0.717, 1.165) is 128 Å². The summed E-state index contributed by atoms with van der Waals surface area (Å²) in [6.07, 6.45) is 64.6. The van der Waals surface area contributed by atoms with E-state index in [9.17, 15) is 14.4 Å². The molecule has 6 heteroatoms. The Bertz CT molecular complexity index is 1260. The minimum absolute atomic E-state index is 0.0630. The molecule has 312 valence electrons. The molecule has 2 N–H and O–H groups in total. The highest BCUT2D eigenvalue weighted by atomic mass is 16.5. The van der Waals surface area contributed by atoms with Gasteiger partial charge >= 0.3 is 11.9 Å². The summed E-state index contributed by atoms with van der Waals surface area (Å²) in [6.45, 7) is 3.97. The number of carbonyl (C=O) groups excluding carboxylic acids is 2. The molecule has 0 heterocycles. The second kappa shape index (κ2) is 43.5. The minimum Gasteiger partial charge on any atom is -0.480 e. The van der Waals surface area contributed by atoms with Crippen molar-refractivity contribution in [2.75, 3.05) is 6.54 Å².